The highest BCUT2D eigenvalue weighted by Gasteiger charge is 2.38. The monoisotopic (exact) mass is 334 g/mol. The maximum atomic E-state index is 9.25. The minimum atomic E-state index is 0.538. The van der Waals surface area contributed by atoms with Gasteiger partial charge >= 0.3 is 0 Å². The fourth-order valence-electron chi connectivity index (χ4n) is 3.61. The van der Waals surface area contributed by atoms with Crippen molar-refractivity contribution in [1.29, 1.82) is 5.26 Å². The molecule has 1 aromatic rings. The normalized spacial score (nSPS) is 21.0. The molecule has 0 bridgehead atoms. The molecule has 3 aliphatic rings. The number of nitriles is 1. The van der Waals surface area contributed by atoms with Crippen LogP contribution in [0.5, 0.6) is 5.75 Å². The van der Waals surface area contributed by atoms with Crippen LogP contribution in [0.4, 0.5) is 0 Å². The van der Waals surface area contributed by atoms with Gasteiger partial charge in [-0.15, -0.1) is 0 Å². The molecule has 1 atom stereocenters. The third kappa shape index (κ3) is 2.83. The van der Waals surface area contributed by atoms with Gasteiger partial charge in [-0.05, 0) is 63.0 Å². The average Bonchev–Trinajstić information content (AvgIpc) is 3.39. The van der Waals surface area contributed by atoms with Crippen molar-refractivity contribution < 1.29 is 4.74 Å². The average molecular weight is 334 g/mol. The molecule has 0 aromatic heterocycles. The van der Waals surface area contributed by atoms with Crippen LogP contribution >= 0.6 is 0 Å². The molecular weight excluding hydrogens is 312 g/mol. The number of hydrazine groups is 1. The van der Waals surface area contributed by atoms with E-state index in [2.05, 4.69) is 42.1 Å². The highest BCUT2D eigenvalue weighted by atomic mass is 16.5. The van der Waals surface area contributed by atoms with E-state index < -0.39 is 0 Å². The van der Waals surface area contributed by atoms with Gasteiger partial charge in [0.1, 0.15) is 11.6 Å². The minimum Gasteiger partial charge on any atom is -0.497 e. The lowest BCUT2D eigenvalue weighted by Crippen LogP contribution is -2.44. The van der Waals surface area contributed by atoms with Crippen LogP contribution < -0.4 is 4.74 Å². The Hall–Kier alpha value is -2.58. The summed E-state index contributed by atoms with van der Waals surface area (Å²) >= 11 is 0. The van der Waals surface area contributed by atoms with Crippen molar-refractivity contribution in [2.75, 3.05) is 13.7 Å². The van der Waals surface area contributed by atoms with E-state index in [1.165, 1.54) is 12.8 Å². The number of hydrogen-bond donors (Lipinski definition) is 0. The molecule has 25 heavy (non-hydrogen) atoms. The van der Waals surface area contributed by atoms with Crippen LogP contribution in [0, 0.1) is 17.2 Å². The molecule has 0 unspecified atom stereocenters. The molecule has 5 heteroatoms. The lowest BCUT2D eigenvalue weighted by molar-refractivity contribution is 0.0236. The molecule has 2 heterocycles. The van der Waals surface area contributed by atoms with Gasteiger partial charge in [-0.3, -0.25) is 5.01 Å². The van der Waals surface area contributed by atoms with Crippen LogP contribution in [-0.2, 0) is 0 Å². The maximum absolute atomic E-state index is 9.25. The summed E-state index contributed by atoms with van der Waals surface area (Å²) in [7, 11) is 1.61. The van der Waals surface area contributed by atoms with Gasteiger partial charge in [0.15, 0.2) is 0 Å². The lowest BCUT2D eigenvalue weighted by atomic mass is 10.0. The van der Waals surface area contributed by atoms with E-state index in [0.717, 1.165) is 35.3 Å². The first-order valence-electron chi connectivity index (χ1n) is 8.74. The standard InChI is InChI=1S/C20H22N4O/c1-13-8-19(17-9-15(12-21)10-18(11-17)25-3)22-20-6-7-23(24(13)20)14(2)16-4-5-16/h6,8-11,14,16H,4-5,7H2,1-3H3/t14-/m0/s1. The van der Waals surface area contributed by atoms with Crippen LogP contribution in [0.3, 0.4) is 0 Å². The van der Waals surface area contributed by atoms with Crippen molar-refractivity contribution in [3.63, 3.8) is 0 Å². The number of ether oxygens (including phenoxy) is 1. The predicted molar refractivity (Wildman–Crippen MR) is 96.8 cm³/mol. The molecule has 0 spiro atoms. The molecule has 0 amide bonds. The molecule has 1 saturated carbocycles. The molecule has 2 aliphatic heterocycles. The van der Waals surface area contributed by atoms with Gasteiger partial charge in [0, 0.05) is 23.8 Å². The Labute approximate surface area is 148 Å². The van der Waals surface area contributed by atoms with Gasteiger partial charge in [0.05, 0.1) is 24.5 Å². The zero-order valence-electron chi connectivity index (χ0n) is 14.9. The first-order chi connectivity index (χ1) is 12.1. The molecule has 5 nitrogen and oxygen atoms in total. The largest absolute Gasteiger partial charge is 0.497 e. The summed E-state index contributed by atoms with van der Waals surface area (Å²) in [6, 6.07) is 8.26. The fourth-order valence-corrected chi connectivity index (χ4v) is 3.61. The van der Waals surface area contributed by atoms with Crippen LogP contribution in [0.1, 0.15) is 37.8 Å². The van der Waals surface area contributed by atoms with E-state index in [4.69, 9.17) is 9.73 Å². The number of allylic oxidation sites excluding steroid dienone is 2. The van der Waals surface area contributed by atoms with Crippen molar-refractivity contribution in [3.8, 4) is 11.8 Å². The summed E-state index contributed by atoms with van der Waals surface area (Å²) in [5.74, 6) is 2.46. The number of methoxy groups -OCH3 is 1. The molecule has 1 aromatic carbocycles. The van der Waals surface area contributed by atoms with Crippen molar-refractivity contribution in [3.05, 3.63) is 53.0 Å². The van der Waals surface area contributed by atoms with Gasteiger partial charge in [0.25, 0.3) is 0 Å². The minimum absolute atomic E-state index is 0.538. The van der Waals surface area contributed by atoms with Crippen molar-refractivity contribution in [1.82, 2.24) is 10.0 Å². The molecule has 128 valence electrons. The predicted octanol–water partition coefficient (Wildman–Crippen LogP) is 3.45. The number of benzene rings is 1. The molecular formula is C20H22N4O. The Morgan fingerprint density at radius 2 is 2.12 bits per heavy atom. The summed E-state index contributed by atoms with van der Waals surface area (Å²) < 4.78 is 5.32. The number of rotatable bonds is 4. The quantitative estimate of drug-likeness (QED) is 0.846. The third-order valence-corrected chi connectivity index (χ3v) is 5.19. The van der Waals surface area contributed by atoms with E-state index in [-0.39, 0.29) is 0 Å². The van der Waals surface area contributed by atoms with E-state index >= 15 is 0 Å². The summed E-state index contributed by atoms with van der Waals surface area (Å²) in [4.78, 5) is 4.85. The second kappa shape index (κ2) is 6.05. The van der Waals surface area contributed by atoms with E-state index in [0.29, 0.717) is 17.4 Å². The van der Waals surface area contributed by atoms with Crippen molar-refractivity contribution in [2.24, 2.45) is 10.9 Å². The second-order valence-electron chi connectivity index (χ2n) is 6.92. The van der Waals surface area contributed by atoms with Gasteiger partial charge < -0.3 is 4.74 Å². The van der Waals surface area contributed by atoms with E-state index in [9.17, 15) is 5.26 Å². The Morgan fingerprint density at radius 3 is 2.80 bits per heavy atom. The molecule has 4 rings (SSSR count). The Bertz CT molecular complexity index is 842. The highest BCUT2D eigenvalue weighted by molar-refractivity contribution is 6.10. The van der Waals surface area contributed by atoms with Crippen LogP contribution in [0.25, 0.3) is 0 Å². The van der Waals surface area contributed by atoms with Crippen molar-refractivity contribution in [2.45, 2.75) is 32.7 Å². The van der Waals surface area contributed by atoms with Gasteiger partial charge in [-0.1, -0.05) is 0 Å². The Balaban J connectivity index is 1.66. The summed E-state index contributed by atoms with van der Waals surface area (Å²) in [6.07, 6.45) is 6.93. The van der Waals surface area contributed by atoms with E-state index in [1.54, 1.807) is 13.2 Å². The highest BCUT2D eigenvalue weighted by Crippen LogP contribution is 2.39. The zero-order chi connectivity index (χ0) is 17.6. The fraction of sp³-hybridized carbons (Fsp3) is 0.400. The molecule has 0 N–H and O–H groups in total. The Kier molecular flexibility index (Phi) is 3.85. The topological polar surface area (TPSA) is 51.9 Å². The van der Waals surface area contributed by atoms with Crippen LogP contribution in [0.15, 0.2) is 46.9 Å². The number of aliphatic imine (C=N–C) groups is 1. The maximum Gasteiger partial charge on any atom is 0.145 e. The van der Waals surface area contributed by atoms with Crippen LogP contribution in [0.2, 0.25) is 0 Å². The molecule has 0 saturated heterocycles. The van der Waals surface area contributed by atoms with Crippen LogP contribution in [-0.4, -0.2) is 35.4 Å². The van der Waals surface area contributed by atoms with Crippen molar-refractivity contribution >= 4 is 5.71 Å². The lowest BCUT2D eigenvalue weighted by Gasteiger charge is -2.37. The third-order valence-electron chi connectivity index (χ3n) is 5.19. The summed E-state index contributed by atoms with van der Waals surface area (Å²) in [6.45, 7) is 5.32. The first kappa shape index (κ1) is 15.9. The number of hydrogen-bond acceptors (Lipinski definition) is 5. The molecule has 1 fully saturated rings. The van der Waals surface area contributed by atoms with E-state index in [1.807, 2.05) is 12.1 Å². The Morgan fingerprint density at radius 1 is 1.32 bits per heavy atom. The number of nitrogens with zero attached hydrogens (tertiary/aromatic N) is 4. The second-order valence-corrected chi connectivity index (χ2v) is 6.92. The smallest absolute Gasteiger partial charge is 0.145 e. The SMILES string of the molecule is COc1cc(C#N)cc(C2=NC3=CCN([C@@H](C)C4CC4)N3C(C)=C2)c1. The summed E-state index contributed by atoms with van der Waals surface area (Å²) in [5.41, 5.74) is 3.51. The van der Waals surface area contributed by atoms with Gasteiger partial charge in [-0.25, -0.2) is 10.0 Å². The zero-order valence-corrected chi connectivity index (χ0v) is 14.9. The van der Waals surface area contributed by atoms with Gasteiger partial charge in [-0.2, -0.15) is 5.26 Å². The molecule has 1 aliphatic carbocycles. The number of fused-ring (bicyclic) bond motifs is 1. The summed E-state index contributed by atoms with van der Waals surface area (Å²) in [5, 5.41) is 13.9. The first-order valence-corrected chi connectivity index (χ1v) is 8.74. The van der Waals surface area contributed by atoms with Gasteiger partial charge in [0.2, 0.25) is 0 Å². The molecule has 0 radical (unpaired) electrons.